The summed E-state index contributed by atoms with van der Waals surface area (Å²) >= 11 is 7.64. The Kier molecular flexibility index (Phi) is 4.84. The molecule has 0 heterocycles. The second kappa shape index (κ2) is 6.82. The molecule has 0 aromatic heterocycles. The fourth-order valence-corrected chi connectivity index (χ4v) is 3.32. The lowest BCUT2D eigenvalue weighted by molar-refractivity contribution is 0.617. The zero-order chi connectivity index (χ0) is 14.7. The van der Waals surface area contributed by atoms with E-state index in [-0.39, 0.29) is 5.82 Å². The summed E-state index contributed by atoms with van der Waals surface area (Å²) in [6, 6.07) is 14.0. The maximum Gasteiger partial charge on any atom is 0.128 e. The van der Waals surface area contributed by atoms with E-state index in [2.05, 4.69) is 29.6 Å². The van der Waals surface area contributed by atoms with Crippen molar-refractivity contribution in [2.24, 2.45) is 0 Å². The fraction of sp³-hybridized carbons (Fsp3) is 0.294. The van der Waals surface area contributed by atoms with Gasteiger partial charge in [-0.3, -0.25) is 0 Å². The van der Waals surface area contributed by atoms with Gasteiger partial charge in [-0.2, -0.15) is 0 Å². The molecule has 110 valence electrons. The molecule has 0 bridgehead atoms. The van der Waals surface area contributed by atoms with Crippen LogP contribution in [0.3, 0.4) is 0 Å². The van der Waals surface area contributed by atoms with Crippen molar-refractivity contribution in [2.75, 3.05) is 0 Å². The topological polar surface area (TPSA) is 12.0 Å². The number of nitrogens with one attached hydrogen (secondary N) is 1. The summed E-state index contributed by atoms with van der Waals surface area (Å²) in [5.41, 5.74) is 1.86. The van der Waals surface area contributed by atoms with Crippen LogP contribution in [0.1, 0.15) is 24.0 Å². The molecule has 4 heteroatoms. The summed E-state index contributed by atoms with van der Waals surface area (Å²) < 4.78 is 13.7. The summed E-state index contributed by atoms with van der Waals surface area (Å²) in [5.74, 6) is 0.311. The summed E-state index contributed by atoms with van der Waals surface area (Å²) in [5, 5.41) is 3.98. The normalized spacial score (nSPS) is 14.4. The molecule has 1 N–H and O–H groups in total. The van der Waals surface area contributed by atoms with Gasteiger partial charge < -0.3 is 5.32 Å². The first-order valence-corrected chi connectivity index (χ1v) is 8.47. The van der Waals surface area contributed by atoms with Crippen molar-refractivity contribution < 1.29 is 4.39 Å². The highest BCUT2D eigenvalue weighted by atomic mass is 35.5. The predicted molar refractivity (Wildman–Crippen MR) is 87.3 cm³/mol. The van der Waals surface area contributed by atoms with Gasteiger partial charge in [0.25, 0.3) is 0 Å². The third-order valence-corrected chi connectivity index (χ3v) is 4.93. The van der Waals surface area contributed by atoms with Gasteiger partial charge in [-0.25, -0.2) is 4.39 Å². The number of rotatable bonds is 6. The van der Waals surface area contributed by atoms with Gasteiger partial charge in [0.15, 0.2) is 0 Å². The second-order valence-corrected chi connectivity index (χ2v) is 6.74. The van der Waals surface area contributed by atoms with E-state index in [1.54, 1.807) is 23.9 Å². The molecule has 1 saturated carbocycles. The Balaban J connectivity index is 1.57. The predicted octanol–water partition coefficient (Wildman–Crippen LogP) is 5.02. The zero-order valence-electron chi connectivity index (χ0n) is 11.6. The highest BCUT2D eigenvalue weighted by Crippen LogP contribution is 2.28. The van der Waals surface area contributed by atoms with E-state index in [9.17, 15) is 4.39 Å². The Morgan fingerprint density at radius 1 is 1.14 bits per heavy atom. The van der Waals surface area contributed by atoms with E-state index in [1.165, 1.54) is 24.5 Å². The van der Waals surface area contributed by atoms with Gasteiger partial charge in [0.05, 0.1) is 0 Å². The molecule has 0 aliphatic heterocycles. The summed E-state index contributed by atoms with van der Waals surface area (Å²) in [6.45, 7) is 0.925. The third kappa shape index (κ3) is 4.22. The van der Waals surface area contributed by atoms with Crippen LogP contribution in [0.4, 0.5) is 4.39 Å². The molecule has 1 aliphatic rings. The lowest BCUT2D eigenvalue weighted by Crippen LogP contribution is -2.14. The lowest BCUT2D eigenvalue weighted by Gasteiger charge is -2.07. The highest BCUT2D eigenvalue weighted by molar-refractivity contribution is 7.98. The third-order valence-electron chi connectivity index (χ3n) is 3.54. The molecule has 21 heavy (non-hydrogen) atoms. The van der Waals surface area contributed by atoms with Crippen LogP contribution in [-0.2, 0) is 12.3 Å². The first-order valence-electron chi connectivity index (χ1n) is 7.10. The van der Waals surface area contributed by atoms with Crippen LogP contribution in [0.25, 0.3) is 0 Å². The Labute approximate surface area is 133 Å². The minimum Gasteiger partial charge on any atom is -0.310 e. The van der Waals surface area contributed by atoms with Gasteiger partial charge in [-0.15, -0.1) is 11.8 Å². The average Bonchev–Trinajstić information content (AvgIpc) is 3.30. The molecular formula is C17H17ClFNS. The van der Waals surface area contributed by atoms with Crippen molar-refractivity contribution in [1.29, 1.82) is 0 Å². The second-order valence-electron chi connectivity index (χ2n) is 5.29. The summed E-state index contributed by atoms with van der Waals surface area (Å²) in [4.78, 5) is 1.13. The molecule has 2 aromatic rings. The van der Waals surface area contributed by atoms with E-state index in [0.29, 0.717) is 16.3 Å². The van der Waals surface area contributed by atoms with Crippen molar-refractivity contribution in [3.05, 3.63) is 64.4 Å². The molecule has 0 radical (unpaired) electrons. The van der Waals surface area contributed by atoms with E-state index >= 15 is 0 Å². The van der Waals surface area contributed by atoms with Gasteiger partial charge in [0, 0.05) is 33.8 Å². The van der Waals surface area contributed by atoms with E-state index < -0.39 is 0 Å². The average molecular weight is 322 g/mol. The maximum atomic E-state index is 13.7. The number of hydrogen-bond acceptors (Lipinski definition) is 2. The standard InChI is InChI=1S/C17H17ClFNS/c18-16-2-1-3-17(19)15(16)11-21-14-8-4-12(5-9-14)10-20-13-6-7-13/h1-5,8-9,13,20H,6-7,10-11H2. The van der Waals surface area contributed by atoms with Gasteiger partial charge >= 0.3 is 0 Å². The molecule has 0 spiro atoms. The van der Waals surface area contributed by atoms with Gasteiger partial charge in [-0.05, 0) is 42.7 Å². The molecule has 0 amide bonds. The monoisotopic (exact) mass is 321 g/mol. The van der Waals surface area contributed by atoms with Gasteiger partial charge in [-0.1, -0.05) is 29.8 Å². The molecule has 1 nitrogen and oxygen atoms in total. The zero-order valence-corrected chi connectivity index (χ0v) is 13.2. The van der Waals surface area contributed by atoms with Crippen LogP contribution in [0.2, 0.25) is 5.02 Å². The first kappa shape index (κ1) is 14.9. The Hall–Kier alpha value is -1.03. The van der Waals surface area contributed by atoms with Crippen molar-refractivity contribution in [3.8, 4) is 0 Å². The quantitative estimate of drug-likeness (QED) is 0.749. The largest absolute Gasteiger partial charge is 0.310 e. The summed E-state index contributed by atoms with van der Waals surface area (Å²) in [6.07, 6.45) is 2.61. The van der Waals surface area contributed by atoms with Crippen LogP contribution < -0.4 is 5.32 Å². The molecule has 1 aliphatic carbocycles. The van der Waals surface area contributed by atoms with Crippen LogP contribution >= 0.6 is 23.4 Å². The summed E-state index contributed by atoms with van der Waals surface area (Å²) in [7, 11) is 0. The Bertz CT molecular complexity index is 590. The number of thioether (sulfide) groups is 1. The van der Waals surface area contributed by atoms with Crippen molar-refractivity contribution >= 4 is 23.4 Å². The minimum absolute atomic E-state index is 0.236. The van der Waals surface area contributed by atoms with Crippen molar-refractivity contribution in [3.63, 3.8) is 0 Å². The molecule has 0 unspecified atom stereocenters. The van der Waals surface area contributed by atoms with Crippen LogP contribution in [-0.4, -0.2) is 6.04 Å². The van der Waals surface area contributed by atoms with E-state index in [1.807, 2.05) is 0 Å². The molecular weight excluding hydrogens is 305 g/mol. The molecule has 0 saturated heterocycles. The van der Waals surface area contributed by atoms with Crippen molar-refractivity contribution in [2.45, 2.75) is 36.1 Å². The molecule has 0 atom stereocenters. The lowest BCUT2D eigenvalue weighted by atomic mass is 10.2. The Morgan fingerprint density at radius 3 is 2.57 bits per heavy atom. The van der Waals surface area contributed by atoms with Crippen LogP contribution in [0.15, 0.2) is 47.4 Å². The number of hydrogen-bond donors (Lipinski definition) is 1. The van der Waals surface area contributed by atoms with E-state index in [0.717, 1.165) is 17.5 Å². The van der Waals surface area contributed by atoms with Crippen LogP contribution in [0.5, 0.6) is 0 Å². The number of halogens is 2. The maximum absolute atomic E-state index is 13.7. The SMILES string of the molecule is Fc1cccc(Cl)c1CSc1ccc(CNC2CC2)cc1. The smallest absolute Gasteiger partial charge is 0.128 e. The van der Waals surface area contributed by atoms with Crippen LogP contribution in [0, 0.1) is 5.82 Å². The Morgan fingerprint density at radius 2 is 1.90 bits per heavy atom. The number of benzene rings is 2. The molecule has 2 aromatic carbocycles. The highest BCUT2D eigenvalue weighted by Gasteiger charge is 2.19. The first-order chi connectivity index (χ1) is 10.2. The van der Waals surface area contributed by atoms with Gasteiger partial charge in [0.2, 0.25) is 0 Å². The molecule has 3 rings (SSSR count). The van der Waals surface area contributed by atoms with Gasteiger partial charge in [0.1, 0.15) is 5.82 Å². The fourth-order valence-electron chi connectivity index (χ4n) is 2.08. The molecule has 1 fully saturated rings. The van der Waals surface area contributed by atoms with Crippen molar-refractivity contribution in [1.82, 2.24) is 5.32 Å². The minimum atomic E-state index is -0.236. The van der Waals surface area contributed by atoms with E-state index in [4.69, 9.17) is 11.6 Å².